The fourth-order valence-electron chi connectivity index (χ4n) is 2.89. The summed E-state index contributed by atoms with van der Waals surface area (Å²) in [5.41, 5.74) is 0. The first kappa shape index (κ1) is 15.6. The Hall–Kier alpha value is -2.27. The van der Waals surface area contributed by atoms with Crippen molar-refractivity contribution in [2.75, 3.05) is 19.7 Å². The van der Waals surface area contributed by atoms with Gasteiger partial charge in [-0.05, 0) is 43.7 Å². The van der Waals surface area contributed by atoms with Gasteiger partial charge in [-0.25, -0.2) is 0 Å². The fraction of sp³-hybridized carbons (Fsp3) is 0.389. The number of hydrogen-bond donors (Lipinski definition) is 1. The molecule has 1 saturated heterocycles. The van der Waals surface area contributed by atoms with Crippen molar-refractivity contribution in [2.45, 2.75) is 25.4 Å². The number of para-hydroxylation sites is 1. The number of carbonyl (C=O) groups is 1. The number of ether oxygens (including phenoxy) is 1. The molecule has 0 unspecified atom stereocenters. The van der Waals surface area contributed by atoms with Gasteiger partial charge in [-0.1, -0.05) is 18.2 Å². The number of amides is 1. The van der Waals surface area contributed by atoms with E-state index in [1.807, 2.05) is 42.5 Å². The van der Waals surface area contributed by atoms with E-state index < -0.39 is 0 Å². The van der Waals surface area contributed by atoms with Gasteiger partial charge >= 0.3 is 0 Å². The van der Waals surface area contributed by atoms with Gasteiger partial charge in [0.05, 0.1) is 18.8 Å². The molecule has 2 aromatic rings. The quantitative estimate of drug-likeness (QED) is 0.853. The Morgan fingerprint density at radius 2 is 2.13 bits per heavy atom. The Morgan fingerprint density at radius 3 is 2.91 bits per heavy atom. The van der Waals surface area contributed by atoms with E-state index in [0.29, 0.717) is 13.2 Å². The third-order valence-electron chi connectivity index (χ3n) is 4.07. The van der Waals surface area contributed by atoms with Gasteiger partial charge in [0.25, 0.3) is 0 Å². The van der Waals surface area contributed by atoms with Gasteiger partial charge < -0.3 is 14.5 Å². The summed E-state index contributed by atoms with van der Waals surface area (Å²) >= 11 is 0. The zero-order chi connectivity index (χ0) is 15.9. The predicted molar refractivity (Wildman–Crippen MR) is 87.1 cm³/mol. The van der Waals surface area contributed by atoms with E-state index in [1.54, 1.807) is 6.26 Å². The van der Waals surface area contributed by atoms with Crippen LogP contribution in [0.3, 0.4) is 0 Å². The molecule has 5 nitrogen and oxygen atoms in total. The molecular formula is C18H22N2O3. The maximum atomic E-state index is 12.3. The van der Waals surface area contributed by atoms with Crippen molar-refractivity contribution in [1.82, 2.24) is 10.2 Å². The minimum atomic E-state index is -0.0654. The number of nitrogens with zero attached hydrogens (tertiary/aromatic N) is 1. The highest BCUT2D eigenvalue weighted by Gasteiger charge is 2.30. The van der Waals surface area contributed by atoms with Gasteiger partial charge in [0.2, 0.25) is 5.91 Å². The average Bonchev–Trinajstić information content (AvgIpc) is 3.25. The Bertz CT molecular complexity index is 598. The monoisotopic (exact) mass is 314 g/mol. The number of benzene rings is 1. The topological polar surface area (TPSA) is 54.7 Å². The van der Waals surface area contributed by atoms with Crippen LogP contribution in [0.25, 0.3) is 0 Å². The lowest BCUT2D eigenvalue weighted by atomic mass is 10.2. The summed E-state index contributed by atoms with van der Waals surface area (Å²) in [6.45, 7) is 2.73. The van der Waals surface area contributed by atoms with Crippen LogP contribution in [0.15, 0.2) is 53.1 Å². The second-order valence-electron chi connectivity index (χ2n) is 5.65. The van der Waals surface area contributed by atoms with E-state index in [9.17, 15) is 4.79 Å². The standard InChI is InChI=1S/C18H22N2O3/c21-18(19-14-16-8-5-12-22-16)17-9-4-10-20(17)11-13-23-15-6-2-1-3-7-15/h1-3,5-8,12,17H,4,9-11,13-14H2,(H,19,21)/t17-/m0/s1. The van der Waals surface area contributed by atoms with Gasteiger partial charge in [0.1, 0.15) is 18.1 Å². The van der Waals surface area contributed by atoms with Crippen LogP contribution in [0, 0.1) is 0 Å². The molecule has 1 atom stereocenters. The summed E-state index contributed by atoms with van der Waals surface area (Å²) in [6.07, 6.45) is 3.56. The van der Waals surface area contributed by atoms with E-state index in [2.05, 4.69) is 10.2 Å². The summed E-state index contributed by atoms with van der Waals surface area (Å²) in [7, 11) is 0. The molecule has 1 fully saturated rings. The Kier molecular flexibility index (Phi) is 5.32. The van der Waals surface area contributed by atoms with Crippen molar-refractivity contribution < 1.29 is 13.9 Å². The number of nitrogens with one attached hydrogen (secondary N) is 1. The molecule has 2 heterocycles. The fourth-order valence-corrected chi connectivity index (χ4v) is 2.89. The maximum absolute atomic E-state index is 12.3. The van der Waals surface area contributed by atoms with Gasteiger partial charge in [-0.3, -0.25) is 9.69 Å². The van der Waals surface area contributed by atoms with Gasteiger partial charge in [-0.2, -0.15) is 0 Å². The maximum Gasteiger partial charge on any atom is 0.237 e. The molecule has 1 aliphatic heterocycles. The van der Waals surface area contributed by atoms with Crippen LogP contribution >= 0.6 is 0 Å². The largest absolute Gasteiger partial charge is 0.492 e. The lowest BCUT2D eigenvalue weighted by molar-refractivity contribution is -0.125. The molecule has 0 saturated carbocycles. The first-order chi connectivity index (χ1) is 11.3. The molecule has 0 spiro atoms. The van der Waals surface area contributed by atoms with Crippen molar-refractivity contribution in [3.05, 3.63) is 54.5 Å². The molecule has 0 radical (unpaired) electrons. The molecule has 0 aliphatic carbocycles. The molecular weight excluding hydrogens is 292 g/mol. The normalized spacial score (nSPS) is 18.0. The molecule has 1 amide bonds. The highest BCUT2D eigenvalue weighted by molar-refractivity contribution is 5.81. The van der Waals surface area contributed by atoms with Crippen LogP contribution in [0.4, 0.5) is 0 Å². The van der Waals surface area contributed by atoms with E-state index in [4.69, 9.17) is 9.15 Å². The summed E-state index contributed by atoms with van der Waals surface area (Å²) in [4.78, 5) is 14.5. The molecule has 1 aromatic heterocycles. The number of carbonyl (C=O) groups excluding carboxylic acids is 1. The lowest BCUT2D eigenvalue weighted by Crippen LogP contribution is -2.44. The molecule has 1 N–H and O–H groups in total. The second kappa shape index (κ2) is 7.83. The average molecular weight is 314 g/mol. The molecule has 3 rings (SSSR count). The van der Waals surface area contributed by atoms with Gasteiger partial charge in [-0.15, -0.1) is 0 Å². The van der Waals surface area contributed by atoms with Crippen molar-refractivity contribution in [1.29, 1.82) is 0 Å². The second-order valence-corrected chi connectivity index (χ2v) is 5.65. The van der Waals surface area contributed by atoms with E-state index in [1.165, 1.54) is 0 Å². The molecule has 1 aromatic carbocycles. The predicted octanol–water partition coefficient (Wildman–Crippen LogP) is 2.44. The molecule has 5 heteroatoms. The van der Waals surface area contributed by atoms with Crippen LogP contribution in [0.2, 0.25) is 0 Å². The van der Waals surface area contributed by atoms with Crippen LogP contribution in [0.1, 0.15) is 18.6 Å². The van der Waals surface area contributed by atoms with E-state index in [-0.39, 0.29) is 11.9 Å². The van der Waals surface area contributed by atoms with Crippen molar-refractivity contribution in [3.63, 3.8) is 0 Å². The number of furan rings is 1. The molecule has 122 valence electrons. The Balaban J connectivity index is 1.44. The SMILES string of the molecule is O=C(NCc1ccco1)[C@@H]1CCCN1CCOc1ccccc1. The third kappa shape index (κ3) is 4.36. The van der Waals surface area contributed by atoms with Crippen LogP contribution in [-0.4, -0.2) is 36.5 Å². The van der Waals surface area contributed by atoms with Crippen LogP contribution < -0.4 is 10.1 Å². The lowest BCUT2D eigenvalue weighted by Gasteiger charge is -2.23. The summed E-state index contributed by atoms with van der Waals surface area (Å²) < 4.78 is 11.0. The van der Waals surface area contributed by atoms with Crippen LogP contribution in [-0.2, 0) is 11.3 Å². The first-order valence-electron chi connectivity index (χ1n) is 8.05. The van der Waals surface area contributed by atoms with Gasteiger partial charge in [0.15, 0.2) is 0 Å². The smallest absolute Gasteiger partial charge is 0.237 e. The molecule has 23 heavy (non-hydrogen) atoms. The van der Waals surface area contributed by atoms with Crippen molar-refractivity contribution in [2.24, 2.45) is 0 Å². The van der Waals surface area contributed by atoms with Gasteiger partial charge in [0, 0.05) is 6.54 Å². The van der Waals surface area contributed by atoms with E-state index in [0.717, 1.165) is 37.4 Å². The number of rotatable bonds is 7. The molecule has 1 aliphatic rings. The number of likely N-dealkylation sites (tertiary alicyclic amines) is 1. The third-order valence-corrected chi connectivity index (χ3v) is 4.07. The minimum Gasteiger partial charge on any atom is -0.492 e. The summed E-state index contributed by atoms with van der Waals surface area (Å²) in [5.74, 6) is 1.71. The minimum absolute atomic E-state index is 0.0654. The molecule has 0 bridgehead atoms. The Labute approximate surface area is 136 Å². The zero-order valence-corrected chi connectivity index (χ0v) is 13.1. The highest BCUT2D eigenvalue weighted by atomic mass is 16.5. The summed E-state index contributed by atoms with van der Waals surface area (Å²) in [6, 6.07) is 13.4. The van der Waals surface area contributed by atoms with Crippen molar-refractivity contribution in [3.8, 4) is 5.75 Å². The van der Waals surface area contributed by atoms with E-state index >= 15 is 0 Å². The zero-order valence-electron chi connectivity index (χ0n) is 13.1. The van der Waals surface area contributed by atoms with Crippen LogP contribution in [0.5, 0.6) is 5.75 Å². The van der Waals surface area contributed by atoms with Crippen molar-refractivity contribution >= 4 is 5.91 Å². The first-order valence-corrected chi connectivity index (χ1v) is 8.05. The Morgan fingerprint density at radius 1 is 1.26 bits per heavy atom. The highest BCUT2D eigenvalue weighted by Crippen LogP contribution is 2.17. The number of hydrogen-bond acceptors (Lipinski definition) is 4. The summed E-state index contributed by atoms with van der Waals surface area (Å²) in [5, 5.41) is 2.95.